The zero-order valence-corrected chi connectivity index (χ0v) is 15.1. The van der Waals surface area contributed by atoms with E-state index in [-0.39, 0.29) is 18.1 Å². The molecule has 3 aromatic heterocycles. The van der Waals surface area contributed by atoms with Crippen molar-refractivity contribution in [3.05, 3.63) is 76.2 Å². The first-order chi connectivity index (χ1) is 12.5. The number of carbonyl (C=O) groups is 2. The molecule has 0 saturated heterocycles. The standard InChI is InChI=1S/C19H17ClN2O4/c1-12-8-16(13(2)22(12)10-15-4-3-7-25-15)18(23)11-26-19(24)17-9-14(20)5-6-21-17/h3-9H,10-11H2,1-2H3. The summed E-state index contributed by atoms with van der Waals surface area (Å²) in [5, 5.41) is 0.375. The molecule has 0 bridgehead atoms. The van der Waals surface area contributed by atoms with Crippen LogP contribution in [0, 0.1) is 13.8 Å². The Morgan fingerprint density at radius 1 is 1.27 bits per heavy atom. The predicted octanol–water partition coefficient (Wildman–Crippen LogP) is 3.83. The van der Waals surface area contributed by atoms with E-state index in [2.05, 4.69) is 4.98 Å². The number of ether oxygens (including phenoxy) is 1. The number of carbonyl (C=O) groups excluding carboxylic acids is 2. The summed E-state index contributed by atoms with van der Waals surface area (Å²) in [5.74, 6) is -0.173. The Labute approximate surface area is 155 Å². The van der Waals surface area contributed by atoms with Crippen molar-refractivity contribution in [3.63, 3.8) is 0 Å². The minimum absolute atomic E-state index is 0.0635. The number of nitrogens with zero attached hydrogens (tertiary/aromatic N) is 2. The lowest BCUT2D eigenvalue weighted by Crippen LogP contribution is -2.16. The molecule has 0 amide bonds. The molecule has 3 aromatic rings. The van der Waals surface area contributed by atoms with Crippen LogP contribution < -0.4 is 0 Å². The smallest absolute Gasteiger partial charge is 0.357 e. The number of aromatic nitrogens is 2. The minimum Gasteiger partial charge on any atom is -0.467 e. The third-order valence-corrected chi connectivity index (χ3v) is 4.27. The Bertz CT molecular complexity index is 945. The monoisotopic (exact) mass is 372 g/mol. The number of esters is 1. The fourth-order valence-electron chi connectivity index (χ4n) is 2.68. The molecule has 6 nitrogen and oxygen atoms in total. The van der Waals surface area contributed by atoms with Gasteiger partial charge in [-0.25, -0.2) is 9.78 Å². The Hall–Kier alpha value is -2.86. The molecule has 3 heterocycles. The maximum absolute atomic E-state index is 12.5. The number of ketones is 1. The van der Waals surface area contributed by atoms with Gasteiger partial charge in [0, 0.05) is 28.2 Å². The topological polar surface area (TPSA) is 74.3 Å². The number of hydrogen-bond acceptors (Lipinski definition) is 5. The summed E-state index contributed by atoms with van der Waals surface area (Å²) in [6.07, 6.45) is 3.02. The molecule has 0 unspecified atom stereocenters. The van der Waals surface area contributed by atoms with E-state index in [4.69, 9.17) is 20.8 Å². The van der Waals surface area contributed by atoms with Crippen molar-refractivity contribution in [1.82, 2.24) is 9.55 Å². The van der Waals surface area contributed by atoms with Crippen LogP contribution in [0.4, 0.5) is 0 Å². The van der Waals surface area contributed by atoms with Crippen molar-refractivity contribution < 1.29 is 18.7 Å². The number of pyridine rings is 1. The lowest BCUT2D eigenvalue weighted by molar-refractivity contribution is 0.0468. The van der Waals surface area contributed by atoms with Gasteiger partial charge in [0.25, 0.3) is 0 Å². The van der Waals surface area contributed by atoms with Gasteiger partial charge in [0.05, 0.1) is 12.8 Å². The number of hydrogen-bond donors (Lipinski definition) is 0. The Morgan fingerprint density at radius 3 is 2.77 bits per heavy atom. The second-order valence-corrected chi connectivity index (χ2v) is 6.25. The van der Waals surface area contributed by atoms with Crippen LogP contribution in [0.15, 0.2) is 47.2 Å². The van der Waals surface area contributed by atoms with Gasteiger partial charge in [-0.05, 0) is 44.2 Å². The SMILES string of the molecule is Cc1cc(C(=O)COC(=O)c2cc(Cl)ccn2)c(C)n1Cc1ccco1. The molecule has 26 heavy (non-hydrogen) atoms. The van der Waals surface area contributed by atoms with Crippen LogP contribution in [0.25, 0.3) is 0 Å². The maximum Gasteiger partial charge on any atom is 0.357 e. The fraction of sp³-hybridized carbons (Fsp3) is 0.211. The average molecular weight is 373 g/mol. The number of Topliss-reactive ketones (excluding diaryl/α,β-unsaturated/α-hetero) is 1. The normalized spacial score (nSPS) is 10.7. The summed E-state index contributed by atoms with van der Waals surface area (Å²) in [6.45, 7) is 3.93. The molecule has 0 fully saturated rings. The molecule has 0 spiro atoms. The highest BCUT2D eigenvalue weighted by Crippen LogP contribution is 2.18. The van der Waals surface area contributed by atoms with Gasteiger partial charge in [-0.15, -0.1) is 0 Å². The van der Waals surface area contributed by atoms with Gasteiger partial charge < -0.3 is 13.7 Å². The van der Waals surface area contributed by atoms with Crippen LogP contribution >= 0.6 is 11.6 Å². The van der Waals surface area contributed by atoms with Crippen molar-refractivity contribution in [1.29, 1.82) is 0 Å². The lowest BCUT2D eigenvalue weighted by Gasteiger charge is -2.08. The van der Waals surface area contributed by atoms with Crippen LogP contribution in [0.3, 0.4) is 0 Å². The molecular weight excluding hydrogens is 356 g/mol. The molecule has 0 aliphatic carbocycles. The van der Waals surface area contributed by atoms with Crippen LogP contribution in [-0.4, -0.2) is 27.9 Å². The Balaban J connectivity index is 1.69. The van der Waals surface area contributed by atoms with Crippen LogP contribution in [0.5, 0.6) is 0 Å². The van der Waals surface area contributed by atoms with E-state index in [0.717, 1.165) is 17.1 Å². The lowest BCUT2D eigenvalue weighted by atomic mass is 10.1. The highest BCUT2D eigenvalue weighted by atomic mass is 35.5. The van der Waals surface area contributed by atoms with Crippen molar-refractivity contribution in [3.8, 4) is 0 Å². The summed E-state index contributed by atoms with van der Waals surface area (Å²) < 4.78 is 12.4. The number of rotatable bonds is 6. The first kappa shape index (κ1) is 17.9. The van der Waals surface area contributed by atoms with Gasteiger partial charge in [-0.2, -0.15) is 0 Å². The third kappa shape index (κ3) is 3.86. The molecule has 0 aliphatic heterocycles. The van der Waals surface area contributed by atoms with Crippen molar-refractivity contribution in [2.24, 2.45) is 0 Å². The van der Waals surface area contributed by atoms with Gasteiger partial charge in [-0.1, -0.05) is 11.6 Å². The van der Waals surface area contributed by atoms with E-state index in [1.807, 2.05) is 30.5 Å². The van der Waals surface area contributed by atoms with Crippen molar-refractivity contribution in [2.75, 3.05) is 6.61 Å². The molecule has 0 aromatic carbocycles. The second kappa shape index (κ2) is 7.58. The molecule has 134 valence electrons. The average Bonchev–Trinajstić information content (AvgIpc) is 3.23. The molecule has 0 aliphatic rings. The van der Waals surface area contributed by atoms with Gasteiger partial charge in [-0.3, -0.25) is 4.79 Å². The molecule has 3 rings (SSSR count). The van der Waals surface area contributed by atoms with Gasteiger partial charge in [0.15, 0.2) is 6.61 Å². The molecule has 0 radical (unpaired) electrons. The second-order valence-electron chi connectivity index (χ2n) is 5.81. The maximum atomic E-state index is 12.5. The Morgan fingerprint density at radius 2 is 2.08 bits per heavy atom. The van der Waals surface area contributed by atoms with E-state index in [0.29, 0.717) is 17.1 Å². The van der Waals surface area contributed by atoms with Crippen LogP contribution in [0.1, 0.15) is 38.0 Å². The van der Waals surface area contributed by atoms with E-state index in [9.17, 15) is 9.59 Å². The predicted molar refractivity (Wildman–Crippen MR) is 95.6 cm³/mol. The summed E-state index contributed by atoms with van der Waals surface area (Å²) >= 11 is 5.82. The number of aryl methyl sites for hydroxylation is 1. The fourth-order valence-corrected chi connectivity index (χ4v) is 2.84. The van der Waals surface area contributed by atoms with Gasteiger partial charge >= 0.3 is 5.97 Å². The summed E-state index contributed by atoms with van der Waals surface area (Å²) in [6, 6.07) is 8.42. The van der Waals surface area contributed by atoms with Crippen molar-refractivity contribution in [2.45, 2.75) is 20.4 Å². The van der Waals surface area contributed by atoms with E-state index in [1.165, 1.54) is 12.3 Å². The molecule has 0 atom stereocenters. The zero-order chi connectivity index (χ0) is 18.7. The van der Waals surface area contributed by atoms with E-state index < -0.39 is 5.97 Å². The van der Waals surface area contributed by atoms with Crippen LogP contribution in [-0.2, 0) is 11.3 Å². The molecule has 7 heteroatoms. The zero-order valence-electron chi connectivity index (χ0n) is 14.4. The third-order valence-electron chi connectivity index (χ3n) is 4.03. The molecule has 0 N–H and O–H groups in total. The first-order valence-corrected chi connectivity index (χ1v) is 8.34. The largest absolute Gasteiger partial charge is 0.467 e. The van der Waals surface area contributed by atoms with Gasteiger partial charge in [0.2, 0.25) is 5.78 Å². The molecular formula is C19H17ClN2O4. The van der Waals surface area contributed by atoms with Crippen molar-refractivity contribution >= 4 is 23.4 Å². The van der Waals surface area contributed by atoms with E-state index >= 15 is 0 Å². The minimum atomic E-state index is -0.690. The van der Waals surface area contributed by atoms with Crippen LogP contribution in [0.2, 0.25) is 5.02 Å². The quantitative estimate of drug-likeness (QED) is 0.485. The highest BCUT2D eigenvalue weighted by molar-refractivity contribution is 6.30. The molecule has 0 saturated carbocycles. The first-order valence-electron chi connectivity index (χ1n) is 7.96. The van der Waals surface area contributed by atoms with Gasteiger partial charge in [0.1, 0.15) is 11.5 Å². The number of halogens is 1. The number of furan rings is 1. The summed E-state index contributed by atoms with van der Waals surface area (Å²) in [4.78, 5) is 28.3. The summed E-state index contributed by atoms with van der Waals surface area (Å²) in [7, 11) is 0. The summed E-state index contributed by atoms with van der Waals surface area (Å²) in [5.41, 5.74) is 2.29. The van der Waals surface area contributed by atoms with E-state index in [1.54, 1.807) is 18.4 Å². The Kier molecular flexibility index (Phi) is 5.23. The highest BCUT2D eigenvalue weighted by Gasteiger charge is 2.19.